The van der Waals surface area contributed by atoms with Crippen LogP contribution >= 0.6 is 0 Å². The molecule has 2 amide bonds. The van der Waals surface area contributed by atoms with Gasteiger partial charge in [-0.3, -0.25) is 9.59 Å². The fourth-order valence-corrected chi connectivity index (χ4v) is 4.73. The number of carbonyl (C=O) groups excluding carboxylic acids is 2. The number of benzene rings is 3. The number of carbonyl (C=O) groups is 2. The highest BCUT2D eigenvalue weighted by atomic mass is 16.5. The Labute approximate surface area is 194 Å². The first-order chi connectivity index (χ1) is 16.1. The molecule has 170 valence electrons. The summed E-state index contributed by atoms with van der Waals surface area (Å²) >= 11 is 0. The second kappa shape index (κ2) is 9.24. The Morgan fingerprint density at radius 1 is 1.03 bits per heavy atom. The fraction of sp³-hybridized carbons (Fsp3) is 0.333. The van der Waals surface area contributed by atoms with Gasteiger partial charge in [0, 0.05) is 42.7 Å². The van der Waals surface area contributed by atoms with Gasteiger partial charge >= 0.3 is 0 Å². The van der Waals surface area contributed by atoms with Crippen molar-refractivity contribution in [2.75, 3.05) is 36.9 Å². The van der Waals surface area contributed by atoms with Gasteiger partial charge in [0.25, 0.3) is 5.91 Å². The molecule has 3 aromatic carbocycles. The highest BCUT2D eigenvalue weighted by Crippen LogP contribution is 2.37. The maximum Gasteiger partial charge on any atom is 0.258 e. The molecule has 0 unspecified atom stereocenters. The maximum atomic E-state index is 12.8. The van der Waals surface area contributed by atoms with E-state index in [0.29, 0.717) is 19.4 Å². The lowest BCUT2D eigenvalue weighted by Gasteiger charge is -2.29. The first-order valence-electron chi connectivity index (χ1n) is 11.7. The summed E-state index contributed by atoms with van der Waals surface area (Å²) in [4.78, 5) is 29.4. The smallest absolute Gasteiger partial charge is 0.258 e. The molecule has 0 atom stereocenters. The zero-order valence-electron chi connectivity index (χ0n) is 18.9. The summed E-state index contributed by atoms with van der Waals surface area (Å²) in [7, 11) is 2.13. The Bertz CT molecular complexity index is 1160. The van der Waals surface area contributed by atoms with E-state index in [1.807, 2.05) is 60.7 Å². The molecule has 3 aromatic rings. The molecule has 2 aliphatic heterocycles. The lowest BCUT2D eigenvalue weighted by Crippen LogP contribution is -2.35. The number of hydrogen-bond acceptors (Lipinski definition) is 4. The summed E-state index contributed by atoms with van der Waals surface area (Å²) in [5.74, 6) is 0.799. The molecule has 0 bridgehead atoms. The third kappa shape index (κ3) is 4.57. The van der Waals surface area contributed by atoms with Crippen LogP contribution in [-0.4, -0.2) is 49.5 Å². The summed E-state index contributed by atoms with van der Waals surface area (Å²) in [5.41, 5.74) is 2.44. The van der Waals surface area contributed by atoms with Crippen LogP contribution in [0.2, 0.25) is 0 Å². The number of likely N-dealkylation sites (tertiary alicyclic amines) is 1. The normalized spacial score (nSPS) is 16.4. The van der Waals surface area contributed by atoms with Crippen molar-refractivity contribution in [3.05, 3.63) is 66.2 Å². The number of hydrogen-bond donors (Lipinski definition) is 1. The molecule has 2 heterocycles. The minimum absolute atomic E-state index is 0.0161. The first kappa shape index (κ1) is 21.5. The quantitative estimate of drug-likeness (QED) is 0.575. The molecule has 5 rings (SSSR count). The van der Waals surface area contributed by atoms with Gasteiger partial charge in [-0.1, -0.05) is 24.3 Å². The van der Waals surface area contributed by atoms with Crippen molar-refractivity contribution in [2.24, 2.45) is 0 Å². The van der Waals surface area contributed by atoms with Gasteiger partial charge in [-0.05, 0) is 68.1 Å². The number of amides is 2. The summed E-state index contributed by atoms with van der Waals surface area (Å²) in [6.07, 6.45) is 3.28. The molecule has 0 aliphatic carbocycles. The average molecular weight is 444 g/mol. The molecule has 6 heteroatoms. The van der Waals surface area contributed by atoms with Gasteiger partial charge in [0.1, 0.15) is 11.9 Å². The SMILES string of the molecule is CN1CCC(Oc2ccc(NC(=O)CCCN3C(=O)c4cccc5cccc3c45)cc2)CC1. The monoisotopic (exact) mass is 443 g/mol. The largest absolute Gasteiger partial charge is 0.490 e. The van der Waals surface area contributed by atoms with Crippen molar-refractivity contribution in [1.29, 1.82) is 0 Å². The van der Waals surface area contributed by atoms with Crippen molar-refractivity contribution in [3.8, 4) is 5.75 Å². The molecule has 0 aromatic heterocycles. The third-order valence-corrected chi connectivity index (χ3v) is 6.54. The van der Waals surface area contributed by atoms with Crippen LogP contribution in [-0.2, 0) is 4.79 Å². The van der Waals surface area contributed by atoms with Gasteiger partial charge < -0.3 is 19.9 Å². The predicted molar refractivity (Wildman–Crippen MR) is 131 cm³/mol. The molecule has 1 fully saturated rings. The van der Waals surface area contributed by atoms with Crippen LogP contribution in [0.15, 0.2) is 60.7 Å². The number of anilines is 2. The van der Waals surface area contributed by atoms with E-state index in [-0.39, 0.29) is 17.9 Å². The Kier molecular flexibility index (Phi) is 6.01. The van der Waals surface area contributed by atoms with Crippen molar-refractivity contribution >= 4 is 34.0 Å². The Balaban J connectivity index is 1.11. The number of ether oxygens (including phenoxy) is 1. The van der Waals surface area contributed by atoms with E-state index in [4.69, 9.17) is 4.74 Å². The van der Waals surface area contributed by atoms with E-state index in [2.05, 4.69) is 17.3 Å². The topological polar surface area (TPSA) is 61.9 Å². The second-order valence-corrected chi connectivity index (χ2v) is 8.93. The van der Waals surface area contributed by atoms with Gasteiger partial charge in [0.05, 0.1) is 5.69 Å². The lowest BCUT2D eigenvalue weighted by molar-refractivity contribution is -0.116. The molecule has 0 radical (unpaired) electrons. The zero-order chi connectivity index (χ0) is 22.8. The summed E-state index contributed by atoms with van der Waals surface area (Å²) in [5, 5.41) is 5.03. The van der Waals surface area contributed by atoms with E-state index in [1.54, 1.807) is 4.90 Å². The second-order valence-electron chi connectivity index (χ2n) is 8.93. The van der Waals surface area contributed by atoms with Gasteiger partial charge in [-0.15, -0.1) is 0 Å². The van der Waals surface area contributed by atoms with E-state index >= 15 is 0 Å². The molecule has 6 nitrogen and oxygen atoms in total. The van der Waals surface area contributed by atoms with E-state index in [0.717, 1.165) is 59.4 Å². The van der Waals surface area contributed by atoms with E-state index < -0.39 is 0 Å². The average Bonchev–Trinajstić information content (AvgIpc) is 3.10. The standard InChI is InChI=1S/C27H29N3O3/c1-29-17-14-22(15-18-29)33-21-12-10-20(11-13-21)28-25(31)9-4-16-30-24-8-3-6-19-5-2-7-23(26(19)24)27(30)32/h2-3,5-8,10-13,22H,4,9,14-18H2,1H3,(H,28,31). The Morgan fingerprint density at radius 2 is 1.76 bits per heavy atom. The molecule has 33 heavy (non-hydrogen) atoms. The van der Waals surface area contributed by atoms with Crippen LogP contribution in [0, 0.1) is 0 Å². The van der Waals surface area contributed by atoms with Crippen LogP contribution in [0.5, 0.6) is 5.75 Å². The highest BCUT2D eigenvalue weighted by Gasteiger charge is 2.29. The summed E-state index contributed by atoms with van der Waals surface area (Å²) in [6, 6.07) is 19.4. The van der Waals surface area contributed by atoms with Crippen molar-refractivity contribution in [3.63, 3.8) is 0 Å². The van der Waals surface area contributed by atoms with Crippen LogP contribution in [0.4, 0.5) is 11.4 Å². The number of rotatable bonds is 7. The van der Waals surface area contributed by atoms with Crippen molar-refractivity contribution in [1.82, 2.24) is 4.90 Å². The molecule has 2 aliphatic rings. The molecular formula is C27H29N3O3. The Morgan fingerprint density at radius 3 is 2.52 bits per heavy atom. The molecular weight excluding hydrogens is 414 g/mol. The Hall–Kier alpha value is -3.38. The minimum atomic E-state index is -0.0543. The predicted octanol–water partition coefficient (Wildman–Crippen LogP) is 4.69. The lowest BCUT2D eigenvalue weighted by atomic mass is 10.1. The number of nitrogens with zero attached hydrogens (tertiary/aromatic N) is 2. The number of nitrogens with one attached hydrogen (secondary N) is 1. The fourth-order valence-electron chi connectivity index (χ4n) is 4.73. The van der Waals surface area contributed by atoms with Crippen molar-refractivity contribution < 1.29 is 14.3 Å². The summed E-state index contributed by atoms with van der Waals surface area (Å²) in [6.45, 7) is 2.63. The van der Waals surface area contributed by atoms with Crippen LogP contribution in [0.3, 0.4) is 0 Å². The van der Waals surface area contributed by atoms with Gasteiger partial charge in [-0.25, -0.2) is 0 Å². The van der Waals surface area contributed by atoms with E-state index in [1.165, 1.54) is 0 Å². The molecule has 0 spiro atoms. The minimum Gasteiger partial charge on any atom is -0.490 e. The van der Waals surface area contributed by atoms with Crippen LogP contribution in [0.25, 0.3) is 10.8 Å². The molecule has 0 saturated carbocycles. The van der Waals surface area contributed by atoms with Gasteiger partial charge in [0.15, 0.2) is 0 Å². The van der Waals surface area contributed by atoms with Gasteiger partial charge in [-0.2, -0.15) is 0 Å². The van der Waals surface area contributed by atoms with Crippen LogP contribution < -0.4 is 15.0 Å². The van der Waals surface area contributed by atoms with E-state index in [9.17, 15) is 9.59 Å². The maximum absolute atomic E-state index is 12.8. The van der Waals surface area contributed by atoms with Gasteiger partial charge in [0.2, 0.25) is 5.91 Å². The molecule has 1 N–H and O–H groups in total. The zero-order valence-corrected chi connectivity index (χ0v) is 18.9. The third-order valence-electron chi connectivity index (χ3n) is 6.54. The first-order valence-corrected chi connectivity index (χ1v) is 11.7. The number of piperidine rings is 1. The summed E-state index contributed by atoms with van der Waals surface area (Å²) < 4.78 is 6.07. The molecule has 1 saturated heterocycles. The van der Waals surface area contributed by atoms with Crippen LogP contribution in [0.1, 0.15) is 36.0 Å². The highest BCUT2D eigenvalue weighted by molar-refractivity contribution is 6.25. The van der Waals surface area contributed by atoms with Crippen molar-refractivity contribution in [2.45, 2.75) is 31.8 Å².